The summed E-state index contributed by atoms with van der Waals surface area (Å²) in [7, 11) is 1.54. The number of aromatic nitrogens is 1. The molecule has 0 aliphatic carbocycles. The number of rotatable bonds is 6. The molecule has 1 aliphatic rings. The molecule has 0 radical (unpaired) electrons. The molecule has 0 spiro atoms. The number of aliphatic hydroxyl groups is 1. The maximum atomic E-state index is 14.2. The number of aryl methyl sites for hydroxylation is 1. The standard InChI is InChI=1S/C28H30N4O7/c1-16-25-23(18(15-33)13-29-16)24(26(34)30-28(2,3)4)31(14-17-6-9-20(38-5)10-7-17)27(35)21-12-19(32(36)37)8-11-22(21)39-25/h6-13,24,33H,14-15H2,1-5H3,(H,30,34). The average Bonchev–Trinajstić information content (AvgIpc) is 2.88. The van der Waals surface area contributed by atoms with Crippen molar-refractivity contribution in [1.82, 2.24) is 15.2 Å². The fraction of sp³-hybridized carbons (Fsp3) is 0.321. The molecule has 204 valence electrons. The number of pyridine rings is 1. The molecule has 0 fully saturated rings. The zero-order valence-electron chi connectivity index (χ0n) is 22.3. The van der Waals surface area contributed by atoms with Gasteiger partial charge in [0.1, 0.15) is 17.5 Å². The fourth-order valence-corrected chi connectivity index (χ4v) is 4.42. The Morgan fingerprint density at radius 1 is 1.23 bits per heavy atom. The first kappa shape index (κ1) is 27.5. The van der Waals surface area contributed by atoms with Gasteiger partial charge in [-0.2, -0.15) is 0 Å². The zero-order chi connectivity index (χ0) is 28.5. The van der Waals surface area contributed by atoms with Crippen LogP contribution in [0.1, 0.15) is 59.6 Å². The molecule has 1 aliphatic heterocycles. The number of benzene rings is 2. The Morgan fingerprint density at radius 2 is 1.92 bits per heavy atom. The van der Waals surface area contributed by atoms with Gasteiger partial charge >= 0.3 is 0 Å². The van der Waals surface area contributed by atoms with Crippen LogP contribution in [-0.4, -0.2) is 44.4 Å². The number of fused-ring (bicyclic) bond motifs is 2. The van der Waals surface area contributed by atoms with E-state index in [-0.39, 0.29) is 34.9 Å². The van der Waals surface area contributed by atoms with Crippen molar-refractivity contribution in [3.05, 3.63) is 86.7 Å². The highest BCUT2D eigenvalue weighted by Crippen LogP contribution is 2.43. The lowest BCUT2D eigenvalue weighted by atomic mass is 9.94. The Hall–Kier alpha value is -4.51. The molecule has 2 heterocycles. The Morgan fingerprint density at radius 3 is 2.51 bits per heavy atom. The van der Waals surface area contributed by atoms with Gasteiger partial charge in [-0.15, -0.1) is 0 Å². The number of carbonyl (C=O) groups is 2. The first-order chi connectivity index (χ1) is 18.4. The second kappa shape index (κ2) is 10.7. The number of ether oxygens (including phenoxy) is 2. The monoisotopic (exact) mass is 534 g/mol. The van der Waals surface area contributed by atoms with Crippen molar-refractivity contribution in [2.75, 3.05) is 7.11 Å². The van der Waals surface area contributed by atoms with E-state index >= 15 is 0 Å². The molecule has 2 N–H and O–H groups in total. The fourth-order valence-electron chi connectivity index (χ4n) is 4.42. The summed E-state index contributed by atoms with van der Waals surface area (Å²) in [6.45, 7) is 6.62. The maximum Gasteiger partial charge on any atom is 0.270 e. The quantitative estimate of drug-likeness (QED) is 0.354. The zero-order valence-corrected chi connectivity index (χ0v) is 22.3. The Balaban J connectivity index is 2.01. The number of nitrogens with one attached hydrogen (secondary N) is 1. The molecule has 1 aromatic heterocycles. The van der Waals surface area contributed by atoms with Gasteiger partial charge < -0.3 is 24.8 Å². The summed E-state index contributed by atoms with van der Waals surface area (Å²) in [5.74, 6) is -0.283. The highest BCUT2D eigenvalue weighted by atomic mass is 16.6. The van der Waals surface area contributed by atoms with E-state index in [1.807, 2.05) is 20.8 Å². The first-order valence-corrected chi connectivity index (χ1v) is 12.2. The van der Waals surface area contributed by atoms with Crippen LogP contribution in [0.4, 0.5) is 5.69 Å². The van der Waals surface area contributed by atoms with Gasteiger partial charge in [0.05, 0.1) is 29.9 Å². The second-order valence-corrected chi connectivity index (χ2v) is 10.2. The second-order valence-electron chi connectivity index (χ2n) is 10.2. The highest BCUT2D eigenvalue weighted by molar-refractivity contribution is 6.01. The number of hydrogen-bond acceptors (Lipinski definition) is 8. The Kier molecular flexibility index (Phi) is 7.55. The molecule has 2 amide bonds. The number of methoxy groups -OCH3 is 1. The molecule has 1 unspecified atom stereocenters. The largest absolute Gasteiger partial charge is 0.497 e. The molecular weight excluding hydrogens is 504 g/mol. The van der Waals surface area contributed by atoms with Crippen LogP contribution < -0.4 is 14.8 Å². The van der Waals surface area contributed by atoms with Crippen molar-refractivity contribution >= 4 is 17.5 Å². The summed E-state index contributed by atoms with van der Waals surface area (Å²) in [6.07, 6.45) is 1.45. The summed E-state index contributed by atoms with van der Waals surface area (Å²) in [4.78, 5) is 44.8. The van der Waals surface area contributed by atoms with Crippen molar-refractivity contribution < 1.29 is 29.1 Å². The van der Waals surface area contributed by atoms with Crippen LogP contribution in [0.3, 0.4) is 0 Å². The van der Waals surface area contributed by atoms with Gasteiger partial charge in [0, 0.05) is 41.5 Å². The minimum atomic E-state index is -1.26. The molecule has 11 nitrogen and oxygen atoms in total. The number of nitro groups is 1. The number of nitrogens with zero attached hydrogens (tertiary/aromatic N) is 3. The van der Waals surface area contributed by atoms with Gasteiger partial charge in [0.25, 0.3) is 11.6 Å². The van der Waals surface area contributed by atoms with Crippen LogP contribution in [0.2, 0.25) is 0 Å². The molecule has 2 aromatic carbocycles. The normalized spacial score (nSPS) is 14.9. The molecule has 0 bridgehead atoms. The topological polar surface area (TPSA) is 144 Å². The summed E-state index contributed by atoms with van der Waals surface area (Å²) < 4.78 is 11.4. The smallest absolute Gasteiger partial charge is 0.270 e. The maximum absolute atomic E-state index is 14.2. The predicted octanol–water partition coefficient (Wildman–Crippen LogP) is 4.20. The van der Waals surface area contributed by atoms with E-state index in [1.165, 1.54) is 30.3 Å². The minimum Gasteiger partial charge on any atom is -0.497 e. The van der Waals surface area contributed by atoms with Crippen molar-refractivity contribution in [1.29, 1.82) is 0 Å². The minimum absolute atomic E-state index is 0.0289. The van der Waals surface area contributed by atoms with Crippen molar-refractivity contribution in [2.45, 2.75) is 52.4 Å². The van der Waals surface area contributed by atoms with E-state index < -0.39 is 34.9 Å². The molecule has 11 heteroatoms. The van der Waals surface area contributed by atoms with Gasteiger partial charge in [-0.25, -0.2) is 0 Å². The molecule has 3 aromatic rings. The summed E-state index contributed by atoms with van der Waals surface area (Å²) in [6, 6.07) is 9.46. The van der Waals surface area contributed by atoms with Crippen molar-refractivity contribution in [3.63, 3.8) is 0 Å². The van der Waals surface area contributed by atoms with E-state index in [0.29, 0.717) is 22.6 Å². The van der Waals surface area contributed by atoms with Crippen LogP contribution in [0, 0.1) is 17.0 Å². The summed E-state index contributed by atoms with van der Waals surface area (Å²) in [5, 5.41) is 24.8. The van der Waals surface area contributed by atoms with Crippen molar-refractivity contribution in [3.8, 4) is 17.2 Å². The van der Waals surface area contributed by atoms with E-state index in [9.17, 15) is 24.8 Å². The van der Waals surface area contributed by atoms with Crippen LogP contribution in [0.15, 0.2) is 48.7 Å². The van der Waals surface area contributed by atoms with E-state index in [0.717, 1.165) is 6.07 Å². The van der Waals surface area contributed by atoms with E-state index in [2.05, 4.69) is 10.3 Å². The Bertz CT molecular complexity index is 1430. The molecule has 0 saturated heterocycles. The lowest BCUT2D eigenvalue weighted by Crippen LogP contribution is -2.49. The number of aliphatic hydroxyl groups excluding tert-OH is 1. The number of non-ortho nitro benzene ring substituents is 1. The lowest BCUT2D eigenvalue weighted by Gasteiger charge is -2.37. The Labute approximate surface area is 225 Å². The van der Waals surface area contributed by atoms with Gasteiger partial charge in [-0.3, -0.25) is 24.7 Å². The SMILES string of the molecule is COc1ccc(CN2C(=O)c3cc([N+](=O)[O-])ccc3Oc3c(C)ncc(CO)c3C2C(=O)NC(C)(C)C)cc1. The van der Waals surface area contributed by atoms with Gasteiger partial charge in [-0.05, 0) is 51.5 Å². The molecular formula is C28H30N4O7. The van der Waals surface area contributed by atoms with Crippen LogP contribution in [0.5, 0.6) is 17.2 Å². The molecule has 39 heavy (non-hydrogen) atoms. The van der Waals surface area contributed by atoms with Crippen molar-refractivity contribution in [2.24, 2.45) is 0 Å². The van der Waals surface area contributed by atoms with E-state index in [4.69, 9.17) is 9.47 Å². The third kappa shape index (κ3) is 5.68. The molecule has 1 atom stereocenters. The number of carbonyl (C=O) groups excluding carboxylic acids is 2. The third-order valence-electron chi connectivity index (χ3n) is 6.22. The third-order valence-corrected chi connectivity index (χ3v) is 6.22. The summed E-state index contributed by atoms with van der Waals surface area (Å²) >= 11 is 0. The van der Waals surface area contributed by atoms with Crippen LogP contribution >= 0.6 is 0 Å². The number of nitro benzene ring substituents is 1. The van der Waals surface area contributed by atoms with Gasteiger partial charge in [0.2, 0.25) is 5.91 Å². The van der Waals surface area contributed by atoms with Crippen LogP contribution in [-0.2, 0) is 17.9 Å². The van der Waals surface area contributed by atoms with E-state index in [1.54, 1.807) is 31.2 Å². The predicted molar refractivity (Wildman–Crippen MR) is 142 cm³/mol. The molecule has 0 saturated carbocycles. The number of hydrogen-bond donors (Lipinski definition) is 2. The van der Waals surface area contributed by atoms with Crippen LogP contribution in [0.25, 0.3) is 0 Å². The highest BCUT2D eigenvalue weighted by Gasteiger charge is 2.41. The first-order valence-electron chi connectivity index (χ1n) is 12.2. The number of amides is 2. The van der Waals surface area contributed by atoms with Gasteiger partial charge in [-0.1, -0.05) is 12.1 Å². The van der Waals surface area contributed by atoms with Gasteiger partial charge in [0.15, 0.2) is 5.75 Å². The molecule has 4 rings (SSSR count). The lowest BCUT2D eigenvalue weighted by molar-refractivity contribution is -0.384. The summed E-state index contributed by atoms with van der Waals surface area (Å²) in [5.41, 5.74) is 0.660. The average molecular weight is 535 g/mol.